The van der Waals surface area contributed by atoms with Crippen molar-refractivity contribution in [2.75, 3.05) is 0 Å². The van der Waals surface area contributed by atoms with E-state index in [4.69, 9.17) is 5.73 Å². The summed E-state index contributed by atoms with van der Waals surface area (Å²) < 4.78 is 0. The molecule has 120 valence electrons. The van der Waals surface area contributed by atoms with E-state index in [0.29, 0.717) is 12.3 Å². The monoisotopic (exact) mass is 296 g/mol. The summed E-state index contributed by atoms with van der Waals surface area (Å²) in [4.78, 5) is 26.0. The molecule has 0 bridgehead atoms. The van der Waals surface area contributed by atoms with Crippen molar-refractivity contribution in [3.05, 3.63) is 0 Å². The van der Waals surface area contributed by atoms with Crippen LogP contribution in [-0.4, -0.2) is 40.0 Å². The third kappa shape index (κ3) is 3.23. The molecule has 1 aliphatic carbocycles. The Kier molecular flexibility index (Phi) is 5.25. The number of likely N-dealkylation sites (tertiary alicyclic amines) is 1. The number of hydrogen-bond acceptors (Lipinski definition) is 3. The summed E-state index contributed by atoms with van der Waals surface area (Å²) in [6, 6.07) is -1.19. The zero-order chi connectivity index (χ0) is 15.6. The number of piperidine rings is 1. The summed E-state index contributed by atoms with van der Waals surface area (Å²) in [5, 5.41) is 9.49. The van der Waals surface area contributed by atoms with Gasteiger partial charge < -0.3 is 15.7 Å². The van der Waals surface area contributed by atoms with E-state index in [0.717, 1.165) is 32.1 Å². The Labute approximate surface area is 126 Å². The number of carboxylic acid groups (broad SMARTS) is 1. The van der Waals surface area contributed by atoms with Crippen molar-refractivity contribution >= 4 is 11.9 Å². The number of carboxylic acids is 1. The molecule has 3 N–H and O–H groups in total. The van der Waals surface area contributed by atoms with Crippen LogP contribution in [0.1, 0.15) is 58.8 Å². The lowest BCUT2D eigenvalue weighted by molar-refractivity contribution is -0.159. The van der Waals surface area contributed by atoms with E-state index in [2.05, 4.69) is 0 Å². The van der Waals surface area contributed by atoms with E-state index in [1.165, 1.54) is 6.42 Å². The van der Waals surface area contributed by atoms with Crippen molar-refractivity contribution in [3.8, 4) is 0 Å². The summed E-state index contributed by atoms with van der Waals surface area (Å²) in [7, 11) is 0. The van der Waals surface area contributed by atoms with Crippen LogP contribution in [0.25, 0.3) is 0 Å². The van der Waals surface area contributed by atoms with Crippen molar-refractivity contribution in [2.24, 2.45) is 17.6 Å². The van der Waals surface area contributed by atoms with E-state index in [1.807, 2.05) is 13.8 Å². The lowest BCUT2D eigenvalue weighted by Gasteiger charge is -2.48. The van der Waals surface area contributed by atoms with Crippen molar-refractivity contribution in [3.63, 3.8) is 0 Å². The van der Waals surface area contributed by atoms with Crippen LogP contribution in [0.15, 0.2) is 0 Å². The molecule has 1 saturated carbocycles. The first-order chi connectivity index (χ1) is 9.97. The predicted molar refractivity (Wildman–Crippen MR) is 80.7 cm³/mol. The van der Waals surface area contributed by atoms with Crippen molar-refractivity contribution in [1.82, 2.24) is 4.90 Å². The molecule has 5 nitrogen and oxygen atoms in total. The molecule has 0 aromatic heterocycles. The lowest BCUT2D eigenvalue weighted by Crippen LogP contribution is -2.61. The number of nitrogens with zero attached hydrogens (tertiary/aromatic N) is 1. The minimum absolute atomic E-state index is 0.0795. The molecule has 1 heterocycles. The van der Waals surface area contributed by atoms with Gasteiger partial charge in [-0.25, -0.2) is 4.79 Å². The van der Waals surface area contributed by atoms with Gasteiger partial charge in [0.05, 0.1) is 6.04 Å². The minimum Gasteiger partial charge on any atom is -0.480 e. The van der Waals surface area contributed by atoms with Gasteiger partial charge in [-0.15, -0.1) is 0 Å². The molecule has 1 saturated heterocycles. The zero-order valence-electron chi connectivity index (χ0n) is 13.1. The van der Waals surface area contributed by atoms with Gasteiger partial charge in [0.2, 0.25) is 5.91 Å². The van der Waals surface area contributed by atoms with Gasteiger partial charge in [-0.1, -0.05) is 33.1 Å². The van der Waals surface area contributed by atoms with Gasteiger partial charge in [-0.05, 0) is 37.5 Å². The van der Waals surface area contributed by atoms with Crippen molar-refractivity contribution in [2.45, 2.75) is 76.9 Å². The Morgan fingerprint density at radius 1 is 1.24 bits per heavy atom. The number of fused-ring (bicyclic) bond motifs is 1. The van der Waals surface area contributed by atoms with Crippen LogP contribution in [-0.2, 0) is 9.59 Å². The highest BCUT2D eigenvalue weighted by atomic mass is 16.4. The summed E-state index contributed by atoms with van der Waals surface area (Å²) >= 11 is 0. The number of aliphatic carboxylic acids is 1. The minimum atomic E-state index is -0.885. The SMILES string of the molecule is CC[C@H](C)[C@H](N)C(=O)N1C(C(=O)O)CCC2CCCCC21. The number of hydrogen-bond donors (Lipinski definition) is 2. The topological polar surface area (TPSA) is 83.6 Å². The third-order valence-electron chi connectivity index (χ3n) is 5.45. The van der Waals surface area contributed by atoms with Crippen LogP contribution in [0.5, 0.6) is 0 Å². The number of rotatable bonds is 4. The maximum atomic E-state index is 12.8. The summed E-state index contributed by atoms with van der Waals surface area (Å²) in [6.07, 6.45) is 6.62. The van der Waals surface area contributed by atoms with Gasteiger partial charge >= 0.3 is 5.97 Å². The standard InChI is InChI=1S/C16H28N2O3/c1-3-10(2)14(17)15(19)18-12-7-5-4-6-11(12)8-9-13(18)16(20)21/h10-14H,3-9,17H2,1-2H3,(H,20,21)/t10-,11?,12?,13?,14-/m0/s1. The molecule has 5 atom stereocenters. The molecule has 3 unspecified atom stereocenters. The molecular formula is C16H28N2O3. The van der Waals surface area contributed by atoms with Crippen LogP contribution in [0, 0.1) is 11.8 Å². The van der Waals surface area contributed by atoms with Gasteiger partial charge in [-0.3, -0.25) is 4.79 Å². The second-order valence-electron chi connectivity index (χ2n) is 6.70. The fourth-order valence-corrected chi connectivity index (χ4v) is 3.86. The number of carbonyl (C=O) groups is 2. The van der Waals surface area contributed by atoms with Crippen LogP contribution in [0.4, 0.5) is 0 Å². The largest absolute Gasteiger partial charge is 0.480 e. The molecule has 2 rings (SSSR count). The van der Waals surface area contributed by atoms with E-state index < -0.39 is 18.1 Å². The molecule has 1 aliphatic heterocycles. The number of carbonyl (C=O) groups excluding carboxylic acids is 1. The summed E-state index contributed by atoms with van der Waals surface area (Å²) in [5.41, 5.74) is 6.10. The number of amides is 1. The van der Waals surface area contributed by atoms with Crippen LogP contribution < -0.4 is 5.73 Å². The Morgan fingerprint density at radius 3 is 2.52 bits per heavy atom. The van der Waals surface area contributed by atoms with Gasteiger partial charge in [-0.2, -0.15) is 0 Å². The quantitative estimate of drug-likeness (QED) is 0.831. The summed E-state index contributed by atoms with van der Waals surface area (Å²) in [5.74, 6) is -0.504. The van der Waals surface area contributed by atoms with Crippen LogP contribution in [0.2, 0.25) is 0 Å². The van der Waals surface area contributed by atoms with Gasteiger partial charge in [0.15, 0.2) is 0 Å². The first kappa shape index (κ1) is 16.3. The highest BCUT2D eigenvalue weighted by molar-refractivity contribution is 5.87. The second kappa shape index (κ2) is 6.77. The lowest BCUT2D eigenvalue weighted by atomic mass is 9.75. The van der Waals surface area contributed by atoms with Gasteiger partial charge in [0, 0.05) is 6.04 Å². The van der Waals surface area contributed by atoms with Gasteiger partial charge in [0.1, 0.15) is 6.04 Å². The van der Waals surface area contributed by atoms with Crippen LogP contribution in [0.3, 0.4) is 0 Å². The van der Waals surface area contributed by atoms with E-state index >= 15 is 0 Å². The second-order valence-corrected chi connectivity index (χ2v) is 6.70. The van der Waals surface area contributed by atoms with E-state index in [1.54, 1.807) is 4.90 Å². The first-order valence-electron chi connectivity index (χ1n) is 8.27. The van der Waals surface area contributed by atoms with Crippen molar-refractivity contribution in [1.29, 1.82) is 0 Å². The Morgan fingerprint density at radius 2 is 1.90 bits per heavy atom. The van der Waals surface area contributed by atoms with Gasteiger partial charge in [0.25, 0.3) is 0 Å². The molecule has 21 heavy (non-hydrogen) atoms. The highest BCUT2D eigenvalue weighted by Gasteiger charge is 2.45. The Hall–Kier alpha value is -1.10. The maximum absolute atomic E-state index is 12.8. The molecular weight excluding hydrogens is 268 g/mol. The average molecular weight is 296 g/mol. The maximum Gasteiger partial charge on any atom is 0.326 e. The molecule has 0 aromatic rings. The fourth-order valence-electron chi connectivity index (χ4n) is 3.86. The highest BCUT2D eigenvalue weighted by Crippen LogP contribution is 2.38. The Balaban J connectivity index is 2.23. The van der Waals surface area contributed by atoms with E-state index in [9.17, 15) is 14.7 Å². The predicted octanol–water partition coefficient (Wildman–Crippen LogP) is 1.99. The molecule has 1 amide bonds. The molecule has 2 aliphatic rings. The average Bonchev–Trinajstić information content (AvgIpc) is 2.51. The van der Waals surface area contributed by atoms with Crippen LogP contribution >= 0.6 is 0 Å². The molecule has 0 spiro atoms. The molecule has 5 heteroatoms. The third-order valence-corrected chi connectivity index (χ3v) is 5.45. The molecule has 0 radical (unpaired) electrons. The smallest absolute Gasteiger partial charge is 0.326 e. The Bertz CT molecular complexity index is 399. The number of nitrogens with two attached hydrogens (primary N) is 1. The molecule has 2 fully saturated rings. The first-order valence-corrected chi connectivity index (χ1v) is 8.27. The van der Waals surface area contributed by atoms with Crippen molar-refractivity contribution < 1.29 is 14.7 Å². The normalized spacial score (nSPS) is 32.1. The van der Waals surface area contributed by atoms with E-state index in [-0.39, 0.29) is 17.9 Å². The fraction of sp³-hybridized carbons (Fsp3) is 0.875. The molecule has 0 aromatic carbocycles. The summed E-state index contributed by atoms with van der Waals surface area (Å²) in [6.45, 7) is 3.97. The zero-order valence-corrected chi connectivity index (χ0v) is 13.1.